The standard InChI is InChI=1S/C13H15N/c1-6-9-12-10(4)14(5)13(8-3)11(12)7-2/h6-9H,1-4H2,5H3/b12-9+. The minimum Gasteiger partial charge on any atom is -0.344 e. The largest absolute Gasteiger partial charge is 0.344 e. The minimum atomic E-state index is 0.953. The van der Waals surface area contributed by atoms with E-state index in [1.807, 2.05) is 29.8 Å². The van der Waals surface area contributed by atoms with E-state index >= 15 is 0 Å². The van der Waals surface area contributed by atoms with Crippen LogP contribution in [0.4, 0.5) is 0 Å². The highest BCUT2D eigenvalue weighted by Gasteiger charge is 2.04. The van der Waals surface area contributed by atoms with Crippen molar-refractivity contribution in [3.63, 3.8) is 0 Å². The van der Waals surface area contributed by atoms with Crippen molar-refractivity contribution in [2.24, 2.45) is 7.05 Å². The highest BCUT2D eigenvalue weighted by molar-refractivity contribution is 5.64. The Balaban J connectivity index is 3.84. The molecule has 14 heavy (non-hydrogen) atoms. The third-order valence-electron chi connectivity index (χ3n) is 2.33. The van der Waals surface area contributed by atoms with E-state index in [-0.39, 0.29) is 0 Å². The van der Waals surface area contributed by atoms with Gasteiger partial charge in [-0.15, -0.1) is 0 Å². The van der Waals surface area contributed by atoms with E-state index in [0.29, 0.717) is 0 Å². The molecule has 1 rings (SSSR count). The SMILES string of the molecule is C=C/C=c1/c(C=C)c(C=C)n(C)c1=C. The van der Waals surface area contributed by atoms with Gasteiger partial charge in [0.05, 0.1) is 0 Å². The molecule has 0 N–H and O–H groups in total. The van der Waals surface area contributed by atoms with Crippen LogP contribution in [0.3, 0.4) is 0 Å². The van der Waals surface area contributed by atoms with E-state index < -0.39 is 0 Å². The predicted molar refractivity (Wildman–Crippen MR) is 65.0 cm³/mol. The third kappa shape index (κ3) is 1.37. The summed E-state index contributed by atoms with van der Waals surface area (Å²) in [5, 5.41) is 2.02. The van der Waals surface area contributed by atoms with Gasteiger partial charge in [-0.05, 0) is 6.08 Å². The van der Waals surface area contributed by atoms with Crippen molar-refractivity contribution in [1.29, 1.82) is 0 Å². The topological polar surface area (TPSA) is 4.93 Å². The van der Waals surface area contributed by atoms with Crippen LogP contribution < -0.4 is 10.6 Å². The number of hydrogen-bond donors (Lipinski definition) is 0. The predicted octanol–water partition coefficient (Wildman–Crippen LogP) is 1.69. The summed E-state index contributed by atoms with van der Waals surface area (Å²) in [5.74, 6) is 0. The molecule has 0 bridgehead atoms. The lowest BCUT2D eigenvalue weighted by Crippen LogP contribution is -2.26. The maximum atomic E-state index is 4.00. The van der Waals surface area contributed by atoms with Gasteiger partial charge in [0.25, 0.3) is 0 Å². The van der Waals surface area contributed by atoms with Crippen LogP contribution in [0.25, 0.3) is 24.8 Å². The molecule has 0 aliphatic carbocycles. The molecule has 1 aromatic heterocycles. The first-order valence-corrected chi connectivity index (χ1v) is 4.42. The Bertz CT molecular complexity index is 486. The summed E-state index contributed by atoms with van der Waals surface area (Å²) in [6, 6.07) is 0. The van der Waals surface area contributed by atoms with Crippen molar-refractivity contribution in [3.8, 4) is 0 Å². The molecular formula is C13H15N. The Morgan fingerprint density at radius 3 is 2.21 bits per heavy atom. The van der Waals surface area contributed by atoms with Crippen molar-refractivity contribution >= 4 is 24.8 Å². The maximum Gasteiger partial charge on any atom is 0.0482 e. The van der Waals surface area contributed by atoms with E-state index in [9.17, 15) is 0 Å². The minimum absolute atomic E-state index is 0.953. The first kappa shape index (κ1) is 10.3. The second-order valence-electron chi connectivity index (χ2n) is 3.03. The maximum absolute atomic E-state index is 4.00. The second-order valence-corrected chi connectivity index (χ2v) is 3.03. The summed E-state index contributed by atoms with van der Waals surface area (Å²) in [7, 11) is 1.97. The summed E-state index contributed by atoms with van der Waals surface area (Å²) in [5.41, 5.74) is 2.10. The first-order chi connectivity index (χ1) is 6.67. The molecule has 1 heterocycles. The lowest BCUT2D eigenvalue weighted by Gasteiger charge is -1.96. The van der Waals surface area contributed by atoms with E-state index in [1.165, 1.54) is 0 Å². The van der Waals surface area contributed by atoms with Crippen LogP contribution in [-0.2, 0) is 7.05 Å². The summed E-state index contributed by atoms with van der Waals surface area (Å²) in [6.45, 7) is 15.3. The van der Waals surface area contributed by atoms with Gasteiger partial charge in [0, 0.05) is 28.9 Å². The van der Waals surface area contributed by atoms with Crippen LogP contribution in [-0.4, -0.2) is 4.57 Å². The Kier molecular flexibility index (Phi) is 2.92. The van der Waals surface area contributed by atoms with Gasteiger partial charge < -0.3 is 4.57 Å². The van der Waals surface area contributed by atoms with E-state index in [1.54, 1.807) is 6.08 Å². The smallest absolute Gasteiger partial charge is 0.0482 e. The molecule has 0 fully saturated rings. The molecule has 0 radical (unpaired) electrons. The van der Waals surface area contributed by atoms with Gasteiger partial charge in [-0.25, -0.2) is 0 Å². The quantitative estimate of drug-likeness (QED) is 0.675. The Labute approximate surface area is 84.7 Å². The fraction of sp³-hybridized carbons (Fsp3) is 0.0769. The van der Waals surface area contributed by atoms with E-state index in [4.69, 9.17) is 0 Å². The van der Waals surface area contributed by atoms with Crippen molar-refractivity contribution in [2.45, 2.75) is 0 Å². The molecule has 0 unspecified atom stereocenters. The zero-order chi connectivity index (χ0) is 10.7. The fourth-order valence-corrected chi connectivity index (χ4v) is 1.57. The van der Waals surface area contributed by atoms with Gasteiger partial charge in [-0.1, -0.05) is 44.5 Å². The van der Waals surface area contributed by atoms with Gasteiger partial charge in [0.15, 0.2) is 0 Å². The molecule has 1 nitrogen and oxygen atoms in total. The van der Waals surface area contributed by atoms with Crippen LogP contribution in [0.2, 0.25) is 0 Å². The van der Waals surface area contributed by atoms with Crippen LogP contribution in [0.1, 0.15) is 11.3 Å². The van der Waals surface area contributed by atoms with Crippen molar-refractivity contribution in [1.82, 2.24) is 4.57 Å². The Morgan fingerprint density at radius 1 is 1.14 bits per heavy atom. The van der Waals surface area contributed by atoms with Crippen molar-refractivity contribution in [2.75, 3.05) is 0 Å². The Morgan fingerprint density at radius 2 is 1.79 bits per heavy atom. The van der Waals surface area contributed by atoms with Gasteiger partial charge in [0.2, 0.25) is 0 Å². The van der Waals surface area contributed by atoms with Crippen LogP contribution >= 0.6 is 0 Å². The number of aromatic nitrogens is 1. The number of allylic oxidation sites excluding steroid dienone is 1. The molecular weight excluding hydrogens is 170 g/mol. The number of rotatable bonds is 3. The monoisotopic (exact) mass is 185 g/mol. The average Bonchev–Trinajstić information content (AvgIpc) is 2.42. The molecule has 0 aliphatic rings. The summed E-state index contributed by atoms with van der Waals surface area (Å²) < 4.78 is 2.00. The molecule has 0 aromatic carbocycles. The lowest BCUT2D eigenvalue weighted by atomic mass is 10.2. The average molecular weight is 185 g/mol. The van der Waals surface area contributed by atoms with E-state index in [0.717, 1.165) is 21.8 Å². The zero-order valence-electron chi connectivity index (χ0n) is 8.59. The normalized spacial score (nSPS) is 11.4. The summed E-state index contributed by atoms with van der Waals surface area (Å²) >= 11 is 0. The van der Waals surface area contributed by atoms with Crippen molar-refractivity contribution in [3.05, 3.63) is 47.6 Å². The molecule has 0 saturated carbocycles. The van der Waals surface area contributed by atoms with E-state index in [2.05, 4.69) is 26.3 Å². The van der Waals surface area contributed by atoms with Crippen molar-refractivity contribution < 1.29 is 0 Å². The fourth-order valence-electron chi connectivity index (χ4n) is 1.57. The molecule has 0 spiro atoms. The highest BCUT2D eigenvalue weighted by atomic mass is 14.9. The summed E-state index contributed by atoms with van der Waals surface area (Å²) in [6.07, 6.45) is 7.32. The van der Waals surface area contributed by atoms with Crippen LogP contribution in [0.5, 0.6) is 0 Å². The van der Waals surface area contributed by atoms with Gasteiger partial charge in [-0.2, -0.15) is 0 Å². The molecule has 0 saturated heterocycles. The molecule has 0 atom stereocenters. The van der Waals surface area contributed by atoms with Gasteiger partial charge in [-0.3, -0.25) is 0 Å². The lowest BCUT2D eigenvalue weighted by molar-refractivity contribution is 0.879. The summed E-state index contributed by atoms with van der Waals surface area (Å²) in [4.78, 5) is 0. The first-order valence-electron chi connectivity index (χ1n) is 4.42. The molecule has 1 heteroatoms. The van der Waals surface area contributed by atoms with Gasteiger partial charge >= 0.3 is 0 Å². The third-order valence-corrected chi connectivity index (χ3v) is 2.33. The number of nitrogens with zero attached hydrogens (tertiary/aromatic N) is 1. The zero-order valence-corrected chi connectivity index (χ0v) is 8.59. The molecule has 0 aliphatic heterocycles. The second kappa shape index (κ2) is 3.97. The molecule has 72 valence electrons. The van der Waals surface area contributed by atoms with Gasteiger partial charge in [0.1, 0.15) is 0 Å². The van der Waals surface area contributed by atoms with Crippen LogP contribution in [0, 0.1) is 0 Å². The Hall–Kier alpha value is -1.76. The van der Waals surface area contributed by atoms with Crippen LogP contribution in [0.15, 0.2) is 25.8 Å². The highest BCUT2D eigenvalue weighted by Crippen LogP contribution is 2.04. The molecule has 0 amide bonds. The molecule has 1 aromatic rings. The number of hydrogen-bond acceptors (Lipinski definition) is 0.